The molecule has 3 aromatic rings. The van der Waals surface area contributed by atoms with E-state index in [4.69, 9.17) is 9.47 Å². The first-order valence-electron chi connectivity index (χ1n) is 10.8. The Labute approximate surface area is 193 Å². The van der Waals surface area contributed by atoms with Crippen molar-refractivity contribution >= 4 is 23.1 Å². The first-order valence-corrected chi connectivity index (χ1v) is 10.8. The minimum Gasteiger partial charge on any atom is -0.496 e. The van der Waals surface area contributed by atoms with Crippen LogP contribution in [0.1, 0.15) is 23.6 Å². The Bertz CT molecular complexity index is 1200. The van der Waals surface area contributed by atoms with Gasteiger partial charge in [-0.2, -0.15) is 0 Å². The number of amides is 2. The van der Waals surface area contributed by atoms with Crippen LogP contribution in [0.4, 0.5) is 5.69 Å². The van der Waals surface area contributed by atoms with E-state index >= 15 is 0 Å². The lowest BCUT2D eigenvalue weighted by Gasteiger charge is -2.17. The Kier molecular flexibility index (Phi) is 6.45. The number of aryl methyl sites for hydroxylation is 1. The Morgan fingerprint density at radius 3 is 2.24 bits per heavy atom. The Balaban J connectivity index is 1.70. The van der Waals surface area contributed by atoms with Crippen LogP contribution >= 0.6 is 0 Å². The van der Waals surface area contributed by atoms with Gasteiger partial charge in [-0.25, -0.2) is 0 Å². The molecule has 168 valence electrons. The number of methoxy groups -OCH3 is 1. The summed E-state index contributed by atoms with van der Waals surface area (Å²) in [6.07, 6.45) is 0. The number of carbonyl (C=O) groups is 2. The van der Waals surface area contributed by atoms with Gasteiger partial charge < -0.3 is 14.8 Å². The number of nitrogens with zero attached hydrogens (tertiary/aromatic N) is 1. The van der Waals surface area contributed by atoms with Gasteiger partial charge in [-0.05, 0) is 49.7 Å². The maximum absolute atomic E-state index is 13.5. The van der Waals surface area contributed by atoms with Gasteiger partial charge in [0, 0.05) is 11.3 Å². The number of hydrogen-bond donors (Lipinski definition) is 1. The monoisotopic (exact) mass is 442 g/mol. The lowest BCUT2D eigenvalue weighted by Crippen LogP contribution is -2.32. The number of carbonyl (C=O) groups excluding carboxylic acids is 2. The largest absolute Gasteiger partial charge is 0.496 e. The molecule has 0 bridgehead atoms. The molecule has 6 nitrogen and oxygen atoms in total. The molecule has 0 aromatic heterocycles. The first-order chi connectivity index (χ1) is 16.0. The SMILES string of the molecule is CCOc1ccc(NC2=C(c3ccc(C)cc3)C(=O)N(Cc3ccccc3OC)C2=O)cc1. The fraction of sp³-hybridized carbons (Fsp3) is 0.185. The summed E-state index contributed by atoms with van der Waals surface area (Å²) in [6.45, 7) is 4.59. The molecule has 0 saturated heterocycles. The molecule has 4 rings (SSSR count). The maximum Gasteiger partial charge on any atom is 0.278 e. The van der Waals surface area contributed by atoms with Crippen LogP contribution in [-0.4, -0.2) is 30.4 Å². The fourth-order valence-corrected chi connectivity index (χ4v) is 3.77. The average Bonchev–Trinajstić information content (AvgIpc) is 3.05. The van der Waals surface area contributed by atoms with Crippen LogP contribution in [-0.2, 0) is 16.1 Å². The number of para-hydroxylation sites is 1. The highest BCUT2D eigenvalue weighted by atomic mass is 16.5. The first kappa shape index (κ1) is 22.1. The molecule has 1 aliphatic rings. The van der Waals surface area contributed by atoms with E-state index < -0.39 is 0 Å². The molecule has 2 amide bonds. The van der Waals surface area contributed by atoms with Crippen LogP contribution in [0.5, 0.6) is 11.5 Å². The molecule has 0 aliphatic carbocycles. The highest BCUT2D eigenvalue weighted by molar-refractivity contribution is 6.36. The number of hydrogen-bond acceptors (Lipinski definition) is 5. The van der Waals surface area contributed by atoms with E-state index in [-0.39, 0.29) is 24.1 Å². The van der Waals surface area contributed by atoms with Crippen LogP contribution in [0.15, 0.2) is 78.5 Å². The summed E-state index contributed by atoms with van der Waals surface area (Å²) in [5.74, 6) is 0.642. The highest BCUT2D eigenvalue weighted by Gasteiger charge is 2.39. The quantitative estimate of drug-likeness (QED) is 0.508. The van der Waals surface area contributed by atoms with Crippen molar-refractivity contribution in [3.05, 3.63) is 95.2 Å². The number of nitrogens with one attached hydrogen (secondary N) is 1. The van der Waals surface area contributed by atoms with E-state index in [9.17, 15) is 9.59 Å². The highest BCUT2D eigenvalue weighted by Crippen LogP contribution is 2.33. The van der Waals surface area contributed by atoms with E-state index in [0.717, 1.165) is 16.9 Å². The molecule has 1 heterocycles. The predicted molar refractivity (Wildman–Crippen MR) is 128 cm³/mol. The van der Waals surface area contributed by atoms with Crippen molar-refractivity contribution in [1.82, 2.24) is 4.90 Å². The molecule has 1 N–H and O–H groups in total. The van der Waals surface area contributed by atoms with Gasteiger partial charge >= 0.3 is 0 Å². The Morgan fingerprint density at radius 1 is 0.879 bits per heavy atom. The van der Waals surface area contributed by atoms with Crippen LogP contribution in [0, 0.1) is 6.92 Å². The van der Waals surface area contributed by atoms with Gasteiger partial charge in [-0.15, -0.1) is 0 Å². The second-order valence-electron chi connectivity index (χ2n) is 7.71. The molecule has 0 spiro atoms. The van der Waals surface area contributed by atoms with Crippen molar-refractivity contribution in [3.63, 3.8) is 0 Å². The summed E-state index contributed by atoms with van der Waals surface area (Å²) < 4.78 is 10.9. The van der Waals surface area contributed by atoms with Gasteiger partial charge in [0.05, 0.1) is 25.8 Å². The van der Waals surface area contributed by atoms with Crippen molar-refractivity contribution in [2.24, 2.45) is 0 Å². The molecular formula is C27H26N2O4. The van der Waals surface area contributed by atoms with Crippen LogP contribution < -0.4 is 14.8 Å². The van der Waals surface area contributed by atoms with Crippen molar-refractivity contribution in [2.45, 2.75) is 20.4 Å². The molecule has 0 saturated carbocycles. The second-order valence-corrected chi connectivity index (χ2v) is 7.71. The molecule has 33 heavy (non-hydrogen) atoms. The minimum absolute atomic E-state index is 0.117. The Hall–Kier alpha value is -4.06. The fourth-order valence-electron chi connectivity index (χ4n) is 3.77. The molecule has 0 atom stereocenters. The van der Waals surface area contributed by atoms with E-state index in [1.54, 1.807) is 7.11 Å². The molecule has 0 unspecified atom stereocenters. The number of benzene rings is 3. The van der Waals surface area contributed by atoms with E-state index in [1.807, 2.05) is 86.6 Å². The number of rotatable bonds is 8. The van der Waals surface area contributed by atoms with Gasteiger partial charge in [0.15, 0.2) is 0 Å². The summed E-state index contributed by atoms with van der Waals surface area (Å²) >= 11 is 0. The zero-order valence-electron chi connectivity index (χ0n) is 18.9. The van der Waals surface area contributed by atoms with Gasteiger partial charge in [-0.3, -0.25) is 14.5 Å². The van der Waals surface area contributed by atoms with Gasteiger partial charge in [-0.1, -0.05) is 48.0 Å². The summed E-state index contributed by atoms with van der Waals surface area (Å²) in [5, 5.41) is 3.18. The maximum atomic E-state index is 13.5. The van der Waals surface area contributed by atoms with E-state index in [1.165, 1.54) is 4.90 Å². The van der Waals surface area contributed by atoms with E-state index in [0.29, 0.717) is 29.2 Å². The topological polar surface area (TPSA) is 67.9 Å². The number of anilines is 1. The van der Waals surface area contributed by atoms with Gasteiger partial charge in [0.1, 0.15) is 17.2 Å². The smallest absolute Gasteiger partial charge is 0.278 e. The summed E-state index contributed by atoms with van der Waals surface area (Å²) in [6, 6.07) is 22.3. The molecule has 0 fully saturated rings. The molecule has 0 radical (unpaired) electrons. The minimum atomic E-state index is -0.379. The Morgan fingerprint density at radius 2 is 1.58 bits per heavy atom. The lowest BCUT2D eigenvalue weighted by molar-refractivity contribution is -0.137. The van der Waals surface area contributed by atoms with Crippen LogP contribution in [0.25, 0.3) is 5.57 Å². The number of imide groups is 1. The summed E-state index contributed by atoms with van der Waals surface area (Å²) in [5.41, 5.74) is 3.82. The van der Waals surface area contributed by atoms with Crippen molar-refractivity contribution in [3.8, 4) is 11.5 Å². The summed E-state index contributed by atoms with van der Waals surface area (Å²) in [7, 11) is 1.57. The zero-order valence-corrected chi connectivity index (χ0v) is 18.9. The second kappa shape index (κ2) is 9.61. The molecule has 6 heteroatoms. The molecular weight excluding hydrogens is 416 g/mol. The van der Waals surface area contributed by atoms with Crippen molar-refractivity contribution in [2.75, 3.05) is 19.0 Å². The molecule has 1 aliphatic heterocycles. The third-order valence-corrected chi connectivity index (χ3v) is 5.46. The van der Waals surface area contributed by atoms with Crippen molar-refractivity contribution in [1.29, 1.82) is 0 Å². The van der Waals surface area contributed by atoms with Gasteiger partial charge in [0.25, 0.3) is 11.8 Å². The zero-order chi connectivity index (χ0) is 23.4. The third kappa shape index (κ3) is 4.60. The van der Waals surface area contributed by atoms with Crippen LogP contribution in [0.3, 0.4) is 0 Å². The van der Waals surface area contributed by atoms with Gasteiger partial charge in [0.2, 0.25) is 0 Å². The van der Waals surface area contributed by atoms with E-state index in [2.05, 4.69) is 5.32 Å². The summed E-state index contributed by atoms with van der Waals surface area (Å²) in [4.78, 5) is 28.2. The molecule has 3 aromatic carbocycles. The average molecular weight is 443 g/mol. The van der Waals surface area contributed by atoms with Crippen LogP contribution in [0.2, 0.25) is 0 Å². The standard InChI is InChI=1S/C27H26N2O4/c1-4-33-22-15-13-21(14-16-22)28-25-24(19-11-9-18(2)10-12-19)26(30)29(27(25)31)17-20-7-5-6-8-23(20)32-3/h5-16,28H,4,17H2,1-3H3. The predicted octanol–water partition coefficient (Wildman–Crippen LogP) is 4.79. The third-order valence-electron chi connectivity index (χ3n) is 5.46. The van der Waals surface area contributed by atoms with Crippen molar-refractivity contribution < 1.29 is 19.1 Å². The normalized spacial score (nSPS) is 13.5. The lowest BCUT2D eigenvalue weighted by atomic mass is 10.0. The number of ether oxygens (including phenoxy) is 2.